The molecule has 2 unspecified atom stereocenters. The van der Waals surface area contributed by atoms with Gasteiger partial charge in [-0.2, -0.15) is 0 Å². The van der Waals surface area contributed by atoms with Crippen molar-refractivity contribution in [1.82, 2.24) is 4.90 Å². The molecule has 0 saturated heterocycles. The number of nitrogens with two attached hydrogens (primary N) is 1. The molecule has 0 spiro atoms. The highest BCUT2D eigenvalue weighted by Crippen LogP contribution is 2.35. The van der Waals surface area contributed by atoms with Crippen molar-refractivity contribution < 1.29 is 4.79 Å². The molecule has 1 saturated carbocycles. The molecule has 1 fully saturated rings. The van der Waals surface area contributed by atoms with E-state index in [9.17, 15) is 4.79 Å². The molecule has 0 heterocycles. The maximum absolute atomic E-state index is 12.4. The molecular formula is C16H25ClN2O. The molecule has 0 radical (unpaired) electrons. The normalized spacial score (nSPS) is 16.9. The number of benzene rings is 1. The quantitative estimate of drug-likeness (QED) is 0.877. The van der Waals surface area contributed by atoms with Crippen LogP contribution >= 0.6 is 12.4 Å². The van der Waals surface area contributed by atoms with Gasteiger partial charge in [0.25, 0.3) is 0 Å². The Kier molecular flexibility index (Phi) is 6.50. The number of carbonyl (C=O) groups is 1. The molecule has 112 valence electrons. The van der Waals surface area contributed by atoms with Crippen molar-refractivity contribution in [3.63, 3.8) is 0 Å². The van der Waals surface area contributed by atoms with E-state index < -0.39 is 0 Å². The summed E-state index contributed by atoms with van der Waals surface area (Å²) in [4.78, 5) is 14.4. The largest absolute Gasteiger partial charge is 0.335 e. The summed E-state index contributed by atoms with van der Waals surface area (Å²) in [5, 5.41) is 0. The summed E-state index contributed by atoms with van der Waals surface area (Å²) in [6, 6.07) is 10.4. The van der Waals surface area contributed by atoms with Crippen molar-refractivity contribution in [3.8, 4) is 0 Å². The molecule has 1 aromatic rings. The minimum atomic E-state index is -0.0721. The fourth-order valence-corrected chi connectivity index (χ4v) is 2.47. The van der Waals surface area contributed by atoms with Crippen molar-refractivity contribution in [2.24, 2.45) is 11.7 Å². The summed E-state index contributed by atoms with van der Waals surface area (Å²) in [5.74, 6) is 0.860. The Labute approximate surface area is 127 Å². The van der Waals surface area contributed by atoms with Crippen molar-refractivity contribution in [1.29, 1.82) is 0 Å². The molecule has 1 aliphatic carbocycles. The van der Waals surface area contributed by atoms with Crippen LogP contribution in [0.3, 0.4) is 0 Å². The highest BCUT2D eigenvalue weighted by Gasteiger charge is 2.34. The second kappa shape index (κ2) is 7.65. The van der Waals surface area contributed by atoms with Crippen LogP contribution in [0.2, 0.25) is 0 Å². The first-order valence-corrected chi connectivity index (χ1v) is 7.17. The van der Waals surface area contributed by atoms with E-state index in [1.165, 1.54) is 18.4 Å². The van der Waals surface area contributed by atoms with Gasteiger partial charge in [0.15, 0.2) is 0 Å². The highest BCUT2D eigenvalue weighted by molar-refractivity contribution is 5.85. The summed E-state index contributed by atoms with van der Waals surface area (Å²) in [5.41, 5.74) is 6.96. The topological polar surface area (TPSA) is 46.3 Å². The Morgan fingerprint density at radius 3 is 2.40 bits per heavy atom. The predicted molar refractivity (Wildman–Crippen MR) is 84.7 cm³/mol. The van der Waals surface area contributed by atoms with Crippen LogP contribution in [0, 0.1) is 5.92 Å². The molecule has 1 aliphatic rings. The first kappa shape index (κ1) is 17.0. The fourth-order valence-electron chi connectivity index (χ4n) is 2.47. The van der Waals surface area contributed by atoms with E-state index in [1.807, 2.05) is 30.0 Å². The maximum atomic E-state index is 12.4. The third-order valence-electron chi connectivity index (χ3n) is 3.81. The summed E-state index contributed by atoms with van der Waals surface area (Å²) in [7, 11) is 0. The van der Waals surface area contributed by atoms with E-state index in [0.29, 0.717) is 24.9 Å². The van der Waals surface area contributed by atoms with Crippen molar-refractivity contribution >= 4 is 18.3 Å². The van der Waals surface area contributed by atoms with Crippen LogP contribution in [0.5, 0.6) is 0 Å². The third kappa shape index (κ3) is 4.80. The Morgan fingerprint density at radius 1 is 1.30 bits per heavy atom. The van der Waals surface area contributed by atoms with Crippen LogP contribution in [0.1, 0.15) is 38.7 Å². The summed E-state index contributed by atoms with van der Waals surface area (Å²) in [6.45, 7) is 4.75. The van der Waals surface area contributed by atoms with E-state index in [0.717, 1.165) is 0 Å². The minimum absolute atomic E-state index is 0. The summed E-state index contributed by atoms with van der Waals surface area (Å²) < 4.78 is 0. The molecular weight excluding hydrogens is 272 g/mol. The standard InChI is InChI=1S/C16H24N2O.ClH/c1-12(17)10-16(19)18(13(2)15-8-9-15)11-14-6-4-3-5-7-14;/h3-7,12-13,15H,8-11,17H2,1-2H3;1H. The molecule has 2 atom stereocenters. The van der Waals surface area contributed by atoms with E-state index in [2.05, 4.69) is 19.1 Å². The van der Waals surface area contributed by atoms with Crippen LogP contribution in [-0.4, -0.2) is 22.9 Å². The van der Waals surface area contributed by atoms with E-state index in [4.69, 9.17) is 5.73 Å². The van der Waals surface area contributed by atoms with E-state index >= 15 is 0 Å². The van der Waals surface area contributed by atoms with Crippen LogP contribution < -0.4 is 5.73 Å². The predicted octanol–water partition coefficient (Wildman–Crippen LogP) is 2.97. The average Bonchev–Trinajstić information content (AvgIpc) is 3.19. The zero-order valence-corrected chi connectivity index (χ0v) is 13.1. The Bertz CT molecular complexity index is 418. The van der Waals surface area contributed by atoms with Gasteiger partial charge in [-0.3, -0.25) is 4.79 Å². The summed E-state index contributed by atoms with van der Waals surface area (Å²) in [6.07, 6.45) is 2.93. The zero-order chi connectivity index (χ0) is 13.8. The van der Waals surface area contributed by atoms with Gasteiger partial charge in [0.05, 0.1) is 0 Å². The van der Waals surface area contributed by atoms with Gasteiger partial charge in [0, 0.05) is 25.0 Å². The van der Waals surface area contributed by atoms with Gasteiger partial charge < -0.3 is 10.6 Å². The number of hydrogen-bond donors (Lipinski definition) is 1. The molecule has 0 aromatic heterocycles. The minimum Gasteiger partial charge on any atom is -0.335 e. The molecule has 20 heavy (non-hydrogen) atoms. The number of hydrogen-bond acceptors (Lipinski definition) is 2. The van der Waals surface area contributed by atoms with Gasteiger partial charge in [-0.05, 0) is 38.2 Å². The Hall–Kier alpha value is -1.06. The molecule has 1 aromatic carbocycles. The molecule has 2 rings (SSSR count). The van der Waals surface area contributed by atoms with Gasteiger partial charge in [0.1, 0.15) is 0 Å². The van der Waals surface area contributed by atoms with Crippen molar-refractivity contribution in [3.05, 3.63) is 35.9 Å². The number of halogens is 1. The molecule has 0 aliphatic heterocycles. The smallest absolute Gasteiger partial charge is 0.224 e. The maximum Gasteiger partial charge on any atom is 0.224 e. The third-order valence-corrected chi connectivity index (χ3v) is 3.81. The van der Waals surface area contributed by atoms with Gasteiger partial charge >= 0.3 is 0 Å². The number of nitrogens with zero attached hydrogens (tertiary/aromatic N) is 1. The second-order valence-corrected chi connectivity index (χ2v) is 5.77. The summed E-state index contributed by atoms with van der Waals surface area (Å²) >= 11 is 0. The lowest BCUT2D eigenvalue weighted by atomic mass is 10.1. The lowest BCUT2D eigenvalue weighted by Crippen LogP contribution is -2.41. The average molecular weight is 297 g/mol. The van der Waals surface area contributed by atoms with Gasteiger partial charge in [0.2, 0.25) is 5.91 Å². The fraction of sp³-hybridized carbons (Fsp3) is 0.562. The first-order chi connectivity index (χ1) is 9.08. The molecule has 1 amide bonds. The molecule has 0 bridgehead atoms. The number of rotatable bonds is 6. The van der Waals surface area contributed by atoms with Crippen molar-refractivity contribution in [2.45, 2.75) is 51.7 Å². The molecule has 3 nitrogen and oxygen atoms in total. The van der Waals surface area contributed by atoms with Crippen LogP contribution in [0.15, 0.2) is 30.3 Å². The lowest BCUT2D eigenvalue weighted by Gasteiger charge is -2.30. The van der Waals surface area contributed by atoms with Crippen molar-refractivity contribution in [2.75, 3.05) is 0 Å². The Balaban J connectivity index is 0.00000200. The SMILES string of the molecule is CC(N)CC(=O)N(Cc1ccccc1)C(C)C1CC1.Cl. The van der Waals surface area contributed by atoms with Crippen LogP contribution in [0.4, 0.5) is 0 Å². The zero-order valence-electron chi connectivity index (χ0n) is 12.3. The second-order valence-electron chi connectivity index (χ2n) is 5.77. The Morgan fingerprint density at radius 2 is 1.90 bits per heavy atom. The van der Waals surface area contributed by atoms with Crippen LogP contribution in [-0.2, 0) is 11.3 Å². The van der Waals surface area contributed by atoms with Gasteiger partial charge in [-0.1, -0.05) is 30.3 Å². The lowest BCUT2D eigenvalue weighted by molar-refractivity contribution is -0.134. The van der Waals surface area contributed by atoms with Gasteiger partial charge in [-0.25, -0.2) is 0 Å². The number of amides is 1. The number of carbonyl (C=O) groups excluding carboxylic acids is 1. The van der Waals surface area contributed by atoms with E-state index in [-0.39, 0.29) is 24.4 Å². The monoisotopic (exact) mass is 296 g/mol. The van der Waals surface area contributed by atoms with Gasteiger partial charge in [-0.15, -0.1) is 12.4 Å². The van der Waals surface area contributed by atoms with Crippen LogP contribution in [0.25, 0.3) is 0 Å². The molecule has 4 heteroatoms. The molecule has 2 N–H and O–H groups in total. The van der Waals surface area contributed by atoms with E-state index in [1.54, 1.807) is 0 Å². The highest BCUT2D eigenvalue weighted by atomic mass is 35.5. The first-order valence-electron chi connectivity index (χ1n) is 7.17.